The summed E-state index contributed by atoms with van der Waals surface area (Å²) in [5.74, 6) is -0.547. The second kappa shape index (κ2) is 74.5. The number of esters is 4. The van der Waals surface area contributed by atoms with Crippen LogP contribution in [0.4, 0.5) is 0 Å². The summed E-state index contributed by atoms with van der Waals surface area (Å²) in [5.41, 5.74) is 0. The van der Waals surface area contributed by atoms with E-state index in [1.54, 1.807) is 0 Å². The molecular weight excluding hydrogens is 1330 g/mol. The van der Waals surface area contributed by atoms with E-state index in [-0.39, 0.29) is 25.7 Å². The van der Waals surface area contributed by atoms with Crippen LogP contribution in [0.5, 0.6) is 0 Å². The summed E-state index contributed by atoms with van der Waals surface area (Å²) in [4.78, 5) is 73.1. The zero-order chi connectivity index (χ0) is 74.9. The maximum atomic E-state index is 13.1. The summed E-state index contributed by atoms with van der Waals surface area (Å²) in [6, 6.07) is 0. The number of hydrogen-bond acceptors (Lipinski definition) is 15. The van der Waals surface area contributed by atoms with Gasteiger partial charge in [0.25, 0.3) is 0 Å². The van der Waals surface area contributed by atoms with E-state index in [1.165, 1.54) is 257 Å². The maximum absolute atomic E-state index is 13.1. The van der Waals surface area contributed by atoms with Gasteiger partial charge < -0.3 is 33.8 Å². The summed E-state index contributed by atoms with van der Waals surface area (Å²) in [6.45, 7) is 9.66. The highest BCUT2D eigenvalue weighted by Crippen LogP contribution is 2.45. The summed E-state index contributed by atoms with van der Waals surface area (Å²) in [6.07, 6.45) is 65.2. The molecule has 19 heteroatoms. The number of unbranched alkanes of at least 4 members (excludes halogenated alkanes) is 51. The van der Waals surface area contributed by atoms with Crippen molar-refractivity contribution >= 4 is 39.5 Å². The Labute approximate surface area is 626 Å². The Hall–Kier alpha value is -1.94. The molecule has 0 radical (unpaired) electrons. The third-order valence-corrected chi connectivity index (χ3v) is 21.7. The van der Waals surface area contributed by atoms with Crippen LogP contribution in [0.1, 0.15) is 440 Å². The lowest BCUT2D eigenvalue weighted by atomic mass is 9.99. The van der Waals surface area contributed by atoms with Gasteiger partial charge in [0.1, 0.15) is 19.3 Å². The molecule has 0 aromatic heterocycles. The molecule has 0 aromatic rings. The van der Waals surface area contributed by atoms with Gasteiger partial charge in [0.2, 0.25) is 0 Å². The molecule has 0 fully saturated rings. The number of carbonyl (C=O) groups excluding carboxylic acids is 4. The number of aliphatic hydroxyl groups excluding tert-OH is 1. The molecule has 0 aromatic carbocycles. The lowest BCUT2D eigenvalue weighted by Crippen LogP contribution is -2.30. The zero-order valence-electron chi connectivity index (χ0n) is 66.9. The average Bonchev–Trinajstić information content (AvgIpc) is 0.912. The maximum Gasteiger partial charge on any atom is 0.472 e. The van der Waals surface area contributed by atoms with Crippen molar-refractivity contribution < 1.29 is 80.2 Å². The van der Waals surface area contributed by atoms with E-state index in [2.05, 4.69) is 41.5 Å². The van der Waals surface area contributed by atoms with E-state index in [1.807, 2.05) is 0 Å². The first kappa shape index (κ1) is 100. The van der Waals surface area contributed by atoms with Crippen LogP contribution < -0.4 is 0 Å². The Morgan fingerprint density at radius 1 is 0.284 bits per heavy atom. The van der Waals surface area contributed by atoms with E-state index in [0.29, 0.717) is 25.7 Å². The molecule has 102 heavy (non-hydrogen) atoms. The van der Waals surface area contributed by atoms with Crippen molar-refractivity contribution in [3.63, 3.8) is 0 Å². The van der Waals surface area contributed by atoms with Gasteiger partial charge in [0.05, 0.1) is 26.4 Å². The monoisotopic (exact) mass is 1490 g/mol. The molecule has 0 aliphatic rings. The number of carbonyl (C=O) groups is 4. The van der Waals surface area contributed by atoms with Gasteiger partial charge in [0, 0.05) is 25.7 Å². The SMILES string of the molecule is CCCCCCCCCCCCCCCCCCCCCCCCC(=O)O[C@H](COC(=O)CCCCCCCCCCCCCCCC(C)C)COP(=O)(O)OC[C@@H](O)COP(=O)(O)OC[C@@H](COC(=O)CCCCCCCCCCCCCC)OC(=O)CCCCCCCCCCC(C)CC. The standard InChI is InChI=1S/C83H162O17P2/c1-7-10-12-14-16-18-20-22-23-24-25-26-27-28-29-30-33-38-42-49-55-61-67-82(87)99-78(71-93-81(86)66-60-54-48-41-37-34-31-32-35-39-45-51-57-63-75(4)5)73-97-101(89,90)95-69-77(84)70-96-102(91,92)98-74-79(100-83(88)68-62-56-50-44-43-46-52-58-64-76(6)9-3)72-94-80(85)65-59-53-47-40-36-21-19-17-15-13-11-8-2/h75-79,84H,7-74H2,1-6H3,(H,89,90)(H,91,92)/t76?,77-,78-,79-/m1/s1. The summed E-state index contributed by atoms with van der Waals surface area (Å²) in [7, 11) is -9.92. The predicted octanol–water partition coefficient (Wildman–Crippen LogP) is 25.1. The number of aliphatic hydroxyl groups is 1. The van der Waals surface area contributed by atoms with Crippen LogP contribution in [0.2, 0.25) is 0 Å². The van der Waals surface area contributed by atoms with Gasteiger partial charge in [-0.05, 0) is 37.5 Å². The van der Waals surface area contributed by atoms with Crippen molar-refractivity contribution in [1.82, 2.24) is 0 Å². The molecule has 0 rings (SSSR count). The molecule has 0 amide bonds. The third-order valence-electron chi connectivity index (χ3n) is 19.8. The Morgan fingerprint density at radius 2 is 0.500 bits per heavy atom. The fourth-order valence-corrected chi connectivity index (χ4v) is 14.4. The highest BCUT2D eigenvalue weighted by atomic mass is 31.2. The molecule has 0 saturated carbocycles. The van der Waals surface area contributed by atoms with E-state index in [4.69, 9.17) is 37.0 Å². The minimum Gasteiger partial charge on any atom is -0.462 e. The summed E-state index contributed by atoms with van der Waals surface area (Å²) >= 11 is 0. The Bertz CT molecular complexity index is 1960. The molecule has 6 atom stereocenters. The summed E-state index contributed by atoms with van der Waals surface area (Å²) < 4.78 is 68.8. The first-order valence-corrected chi connectivity index (χ1v) is 46.0. The number of phosphoric ester groups is 2. The molecule has 0 aliphatic heterocycles. The molecule has 606 valence electrons. The number of ether oxygens (including phenoxy) is 4. The molecule has 0 bridgehead atoms. The molecule has 0 heterocycles. The van der Waals surface area contributed by atoms with Crippen LogP contribution >= 0.6 is 15.6 Å². The van der Waals surface area contributed by atoms with Crippen LogP contribution in [0.3, 0.4) is 0 Å². The largest absolute Gasteiger partial charge is 0.472 e. The lowest BCUT2D eigenvalue weighted by Gasteiger charge is -2.21. The van der Waals surface area contributed by atoms with Gasteiger partial charge in [-0.25, -0.2) is 9.13 Å². The molecule has 3 unspecified atom stereocenters. The fraction of sp³-hybridized carbons (Fsp3) is 0.952. The van der Waals surface area contributed by atoms with Crippen molar-refractivity contribution in [2.75, 3.05) is 39.6 Å². The average molecular weight is 1490 g/mol. The smallest absolute Gasteiger partial charge is 0.462 e. The first-order chi connectivity index (χ1) is 49.4. The highest BCUT2D eigenvalue weighted by Gasteiger charge is 2.30. The highest BCUT2D eigenvalue weighted by molar-refractivity contribution is 7.47. The van der Waals surface area contributed by atoms with E-state index >= 15 is 0 Å². The van der Waals surface area contributed by atoms with E-state index in [0.717, 1.165) is 102 Å². The first-order valence-electron chi connectivity index (χ1n) is 43.0. The Kier molecular flexibility index (Phi) is 73.1. The number of rotatable bonds is 82. The Balaban J connectivity index is 5.22. The van der Waals surface area contributed by atoms with Crippen molar-refractivity contribution in [1.29, 1.82) is 0 Å². The molecule has 3 N–H and O–H groups in total. The molecule has 17 nitrogen and oxygen atoms in total. The second-order valence-corrected chi connectivity index (χ2v) is 33.5. The van der Waals surface area contributed by atoms with E-state index < -0.39 is 97.5 Å². The molecule has 0 saturated heterocycles. The van der Waals surface area contributed by atoms with Gasteiger partial charge in [-0.15, -0.1) is 0 Å². The molecule has 0 aliphatic carbocycles. The summed E-state index contributed by atoms with van der Waals surface area (Å²) in [5, 5.41) is 10.7. The normalized spacial score (nSPS) is 14.1. The molecule has 0 spiro atoms. The van der Waals surface area contributed by atoms with Crippen molar-refractivity contribution in [2.24, 2.45) is 11.8 Å². The van der Waals surface area contributed by atoms with Gasteiger partial charge in [-0.3, -0.25) is 37.3 Å². The van der Waals surface area contributed by atoms with Gasteiger partial charge in [-0.1, -0.05) is 388 Å². The van der Waals surface area contributed by atoms with Gasteiger partial charge >= 0.3 is 39.5 Å². The predicted molar refractivity (Wildman–Crippen MR) is 418 cm³/mol. The quantitative estimate of drug-likeness (QED) is 0.0222. The number of hydrogen-bond donors (Lipinski definition) is 3. The molecular formula is C83H162O17P2. The third kappa shape index (κ3) is 74.9. The van der Waals surface area contributed by atoms with Crippen LogP contribution in [0.15, 0.2) is 0 Å². The minimum absolute atomic E-state index is 0.106. The van der Waals surface area contributed by atoms with Crippen LogP contribution in [-0.4, -0.2) is 96.7 Å². The fourth-order valence-electron chi connectivity index (χ4n) is 12.9. The second-order valence-electron chi connectivity index (χ2n) is 30.6. The lowest BCUT2D eigenvalue weighted by molar-refractivity contribution is -0.161. The van der Waals surface area contributed by atoms with Gasteiger partial charge in [-0.2, -0.15) is 0 Å². The minimum atomic E-state index is -4.96. The van der Waals surface area contributed by atoms with Crippen LogP contribution in [-0.2, 0) is 65.4 Å². The van der Waals surface area contributed by atoms with Crippen molar-refractivity contribution in [3.8, 4) is 0 Å². The van der Waals surface area contributed by atoms with E-state index in [9.17, 15) is 43.2 Å². The van der Waals surface area contributed by atoms with Crippen molar-refractivity contribution in [3.05, 3.63) is 0 Å². The van der Waals surface area contributed by atoms with Gasteiger partial charge in [0.15, 0.2) is 12.2 Å². The Morgan fingerprint density at radius 3 is 0.745 bits per heavy atom. The van der Waals surface area contributed by atoms with Crippen molar-refractivity contribution in [2.45, 2.75) is 458 Å². The van der Waals surface area contributed by atoms with Crippen LogP contribution in [0, 0.1) is 11.8 Å². The number of phosphoric acid groups is 2. The topological polar surface area (TPSA) is 237 Å². The van der Waals surface area contributed by atoms with Crippen LogP contribution in [0.25, 0.3) is 0 Å². The zero-order valence-corrected chi connectivity index (χ0v) is 68.7.